The molecule has 0 saturated carbocycles. The Hall–Kier alpha value is -2.68. The van der Waals surface area contributed by atoms with Crippen molar-refractivity contribution in [3.05, 3.63) is 81.0 Å². The molecule has 0 aromatic heterocycles. The van der Waals surface area contributed by atoms with Crippen molar-refractivity contribution in [2.24, 2.45) is 0 Å². The average Bonchev–Trinajstić information content (AvgIpc) is 2.69. The van der Waals surface area contributed by atoms with Gasteiger partial charge in [-0.1, -0.05) is 36.4 Å². The van der Waals surface area contributed by atoms with E-state index < -0.39 is 0 Å². The van der Waals surface area contributed by atoms with Crippen molar-refractivity contribution in [2.45, 2.75) is 13.8 Å². The first-order valence-electron chi connectivity index (χ1n) is 7.13. The van der Waals surface area contributed by atoms with Gasteiger partial charge in [0.2, 0.25) is 5.43 Å². The fourth-order valence-electron chi connectivity index (χ4n) is 2.12. The lowest BCUT2D eigenvalue weighted by Gasteiger charge is -2.00. The van der Waals surface area contributed by atoms with Gasteiger partial charge in [-0.25, -0.2) is 0 Å². The van der Waals surface area contributed by atoms with Gasteiger partial charge in [-0.05, 0) is 48.7 Å². The molecule has 0 unspecified atom stereocenters. The van der Waals surface area contributed by atoms with Crippen LogP contribution < -0.4 is 10.7 Å². The van der Waals surface area contributed by atoms with Gasteiger partial charge in [0.25, 0.3) is 0 Å². The molecule has 0 aliphatic carbocycles. The molecule has 0 atom stereocenters. The molecular weight excluding hydrogens is 274 g/mol. The molecule has 2 aromatic carbocycles. The molecule has 1 N–H and O–H groups in total. The zero-order chi connectivity index (χ0) is 16.1. The Morgan fingerprint density at radius 2 is 1.77 bits per heavy atom. The molecule has 112 valence electrons. The van der Waals surface area contributed by atoms with Crippen LogP contribution in [0.1, 0.15) is 27.0 Å². The third kappa shape index (κ3) is 3.50. The molecule has 0 bridgehead atoms. The molecule has 0 fully saturated rings. The Labute approximate surface area is 130 Å². The van der Waals surface area contributed by atoms with Crippen molar-refractivity contribution in [2.75, 3.05) is 12.4 Å². The van der Waals surface area contributed by atoms with Crippen LogP contribution in [0.2, 0.25) is 0 Å². The SMILES string of the molecule is CNc1ccccc(C(=O)/C=C/c2ccc(C)c(C)c2)c1=O. The smallest absolute Gasteiger partial charge is 0.212 e. The maximum absolute atomic E-state index is 12.3. The van der Waals surface area contributed by atoms with Gasteiger partial charge in [-0.2, -0.15) is 0 Å². The van der Waals surface area contributed by atoms with Crippen molar-refractivity contribution in [3.8, 4) is 0 Å². The molecule has 0 amide bonds. The van der Waals surface area contributed by atoms with Gasteiger partial charge >= 0.3 is 0 Å². The summed E-state index contributed by atoms with van der Waals surface area (Å²) in [5.41, 5.74) is 3.60. The number of hydrogen-bond donors (Lipinski definition) is 1. The zero-order valence-corrected chi connectivity index (χ0v) is 13.0. The van der Waals surface area contributed by atoms with Crippen molar-refractivity contribution in [1.29, 1.82) is 0 Å². The van der Waals surface area contributed by atoms with Crippen LogP contribution in [0.3, 0.4) is 0 Å². The van der Waals surface area contributed by atoms with E-state index in [-0.39, 0.29) is 16.8 Å². The predicted octanol–water partition coefficient (Wildman–Crippen LogP) is 3.60. The number of allylic oxidation sites excluding steroid dienone is 1. The van der Waals surface area contributed by atoms with Gasteiger partial charge < -0.3 is 5.32 Å². The minimum Gasteiger partial charge on any atom is -0.385 e. The topological polar surface area (TPSA) is 46.2 Å². The van der Waals surface area contributed by atoms with Crippen molar-refractivity contribution >= 4 is 17.5 Å². The molecule has 0 aliphatic rings. The molecule has 3 nitrogen and oxygen atoms in total. The predicted molar refractivity (Wildman–Crippen MR) is 91.5 cm³/mol. The highest BCUT2D eigenvalue weighted by Gasteiger charge is 2.08. The lowest BCUT2D eigenvalue weighted by Crippen LogP contribution is -2.14. The van der Waals surface area contributed by atoms with Crippen LogP contribution in [0, 0.1) is 13.8 Å². The number of ketones is 1. The maximum Gasteiger partial charge on any atom is 0.212 e. The number of carbonyl (C=O) groups is 1. The lowest BCUT2D eigenvalue weighted by molar-refractivity contribution is 0.104. The fourth-order valence-corrected chi connectivity index (χ4v) is 2.12. The Morgan fingerprint density at radius 1 is 1.05 bits per heavy atom. The van der Waals surface area contributed by atoms with Crippen molar-refractivity contribution in [1.82, 2.24) is 0 Å². The summed E-state index contributed by atoms with van der Waals surface area (Å²) in [7, 11) is 1.66. The van der Waals surface area contributed by atoms with E-state index in [0.29, 0.717) is 5.69 Å². The molecule has 0 radical (unpaired) electrons. The highest BCUT2D eigenvalue weighted by molar-refractivity contribution is 6.07. The summed E-state index contributed by atoms with van der Waals surface area (Å²) < 4.78 is 0. The first kappa shape index (κ1) is 15.7. The third-order valence-corrected chi connectivity index (χ3v) is 3.62. The number of anilines is 1. The van der Waals surface area contributed by atoms with Crippen molar-refractivity contribution in [3.63, 3.8) is 0 Å². The first-order chi connectivity index (χ1) is 10.5. The Kier molecular flexibility index (Phi) is 4.89. The highest BCUT2D eigenvalue weighted by atomic mass is 16.1. The monoisotopic (exact) mass is 293 g/mol. The van der Waals surface area contributed by atoms with Crippen LogP contribution in [0.5, 0.6) is 0 Å². The van der Waals surface area contributed by atoms with E-state index in [1.165, 1.54) is 17.2 Å². The lowest BCUT2D eigenvalue weighted by atomic mass is 10.0. The van der Waals surface area contributed by atoms with Crippen molar-refractivity contribution < 1.29 is 4.79 Å². The molecule has 0 heterocycles. The van der Waals surface area contributed by atoms with Gasteiger partial charge in [0.15, 0.2) is 5.78 Å². The second-order valence-electron chi connectivity index (χ2n) is 5.17. The second-order valence-corrected chi connectivity index (χ2v) is 5.17. The molecule has 22 heavy (non-hydrogen) atoms. The summed E-state index contributed by atoms with van der Waals surface area (Å²) >= 11 is 0. The zero-order valence-electron chi connectivity index (χ0n) is 13.0. The normalized spacial score (nSPS) is 10.7. The average molecular weight is 293 g/mol. The van der Waals surface area contributed by atoms with E-state index in [4.69, 9.17) is 0 Å². The van der Waals surface area contributed by atoms with Gasteiger partial charge in [0.05, 0.1) is 11.3 Å². The summed E-state index contributed by atoms with van der Waals surface area (Å²) in [6.07, 6.45) is 3.18. The molecule has 0 aliphatic heterocycles. The fraction of sp³-hybridized carbons (Fsp3) is 0.158. The summed E-state index contributed by atoms with van der Waals surface area (Å²) in [6.45, 7) is 4.07. The van der Waals surface area contributed by atoms with Gasteiger partial charge in [0, 0.05) is 7.05 Å². The van der Waals surface area contributed by atoms with Crippen LogP contribution in [0.15, 0.2) is 53.3 Å². The Balaban J connectivity index is 2.33. The van der Waals surface area contributed by atoms with Crippen LogP contribution >= 0.6 is 0 Å². The molecule has 2 rings (SSSR count). The first-order valence-corrected chi connectivity index (χ1v) is 7.13. The third-order valence-electron chi connectivity index (χ3n) is 3.62. The van der Waals surface area contributed by atoms with Crippen LogP contribution in [-0.2, 0) is 0 Å². The number of rotatable bonds is 4. The van der Waals surface area contributed by atoms with E-state index in [9.17, 15) is 9.59 Å². The van der Waals surface area contributed by atoms with Crippen LogP contribution in [0.25, 0.3) is 6.08 Å². The summed E-state index contributed by atoms with van der Waals surface area (Å²) in [5.74, 6) is -0.295. The second kappa shape index (κ2) is 6.85. The minimum atomic E-state index is -0.295. The van der Waals surface area contributed by atoms with E-state index in [1.54, 1.807) is 37.4 Å². The van der Waals surface area contributed by atoms with Crippen LogP contribution in [-0.4, -0.2) is 12.8 Å². The number of aryl methyl sites for hydroxylation is 2. The highest BCUT2D eigenvalue weighted by Crippen LogP contribution is 2.11. The van der Waals surface area contributed by atoms with E-state index >= 15 is 0 Å². The number of carbonyl (C=O) groups excluding carboxylic acids is 1. The minimum absolute atomic E-state index is 0.162. The largest absolute Gasteiger partial charge is 0.385 e. The van der Waals surface area contributed by atoms with Gasteiger partial charge in [-0.15, -0.1) is 0 Å². The molecular formula is C19H19NO2. The Bertz CT molecular complexity index is 792. The van der Waals surface area contributed by atoms with E-state index in [0.717, 1.165) is 5.56 Å². The Morgan fingerprint density at radius 3 is 2.45 bits per heavy atom. The molecule has 0 spiro atoms. The standard InChI is InChI=1S/C19H19NO2/c1-13-8-9-15(12-14(13)2)10-11-18(21)16-6-4-5-7-17(20-3)19(16)22/h4-12H,1-3H3,(H,20,22)/b11-10+. The van der Waals surface area contributed by atoms with E-state index in [1.807, 2.05) is 32.0 Å². The quantitative estimate of drug-likeness (QED) is 0.692. The molecule has 3 heteroatoms. The maximum atomic E-state index is 12.3. The van der Waals surface area contributed by atoms with E-state index in [2.05, 4.69) is 5.32 Å². The number of benzene rings is 1. The summed E-state index contributed by atoms with van der Waals surface area (Å²) in [6, 6.07) is 12.6. The van der Waals surface area contributed by atoms with Gasteiger partial charge in [-0.3, -0.25) is 9.59 Å². The molecule has 2 aromatic rings. The number of hydrogen-bond acceptors (Lipinski definition) is 3. The van der Waals surface area contributed by atoms with Gasteiger partial charge in [0.1, 0.15) is 0 Å². The summed E-state index contributed by atoms with van der Waals surface area (Å²) in [5, 5.41) is 2.81. The summed E-state index contributed by atoms with van der Waals surface area (Å²) in [4.78, 5) is 24.5. The van der Waals surface area contributed by atoms with Crippen LogP contribution in [0.4, 0.5) is 5.69 Å². The molecule has 0 saturated heterocycles. The number of nitrogens with one attached hydrogen (secondary N) is 1.